The first-order valence-electron chi connectivity index (χ1n) is 6.07. The molecule has 3 rings (SSSR count). The van der Waals surface area contributed by atoms with Gasteiger partial charge in [0.25, 0.3) is 0 Å². The van der Waals surface area contributed by atoms with E-state index in [0.717, 1.165) is 16.6 Å². The largest absolute Gasteiger partial charge is 0.326 e. The van der Waals surface area contributed by atoms with E-state index in [9.17, 15) is 4.79 Å². The lowest BCUT2D eigenvalue weighted by Crippen LogP contribution is -2.17. The Kier molecular flexibility index (Phi) is 2.91. The molecule has 0 spiro atoms. The Labute approximate surface area is 115 Å². The summed E-state index contributed by atoms with van der Waals surface area (Å²) < 4.78 is 1.72. The summed E-state index contributed by atoms with van der Waals surface area (Å²) >= 11 is 5.93. The lowest BCUT2D eigenvalue weighted by molar-refractivity contribution is 0.786. The highest BCUT2D eigenvalue weighted by molar-refractivity contribution is 6.31. The number of imidazole rings is 1. The number of benzene rings is 2. The molecule has 0 amide bonds. The minimum atomic E-state index is -0.112. The molecule has 0 aliphatic rings. The normalized spacial score (nSPS) is 11.1. The van der Waals surface area contributed by atoms with Crippen LogP contribution in [0.5, 0.6) is 0 Å². The summed E-state index contributed by atoms with van der Waals surface area (Å²) in [5.74, 6) is 0. The summed E-state index contributed by atoms with van der Waals surface area (Å²) in [6, 6.07) is 13.6. The molecule has 4 heteroatoms. The highest BCUT2D eigenvalue weighted by atomic mass is 35.5. The third-order valence-electron chi connectivity index (χ3n) is 3.16. The van der Waals surface area contributed by atoms with Crippen molar-refractivity contribution in [2.24, 2.45) is 0 Å². The number of aromatic amines is 1. The van der Waals surface area contributed by atoms with Crippen molar-refractivity contribution in [3.8, 4) is 0 Å². The number of hydrogen-bond acceptors (Lipinski definition) is 1. The minimum Gasteiger partial charge on any atom is -0.305 e. The van der Waals surface area contributed by atoms with Crippen molar-refractivity contribution in [1.82, 2.24) is 9.55 Å². The number of nitrogens with zero attached hydrogens (tertiary/aromatic N) is 1. The second-order valence-corrected chi connectivity index (χ2v) is 5.10. The number of fused-ring (bicyclic) bond motifs is 1. The van der Waals surface area contributed by atoms with Crippen LogP contribution in [0.4, 0.5) is 0 Å². The summed E-state index contributed by atoms with van der Waals surface area (Å²) in [5, 5.41) is 0.622. The highest BCUT2D eigenvalue weighted by Crippen LogP contribution is 2.17. The fourth-order valence-corrected chi connectivity index (χ4v) is 2.46. The van der Waals surface area contributed by atoms with Gasteiger partial charge in [-0.2, -0.15) is 0 Å². The first-order valence-corrected chi connectivity index (χ1v) is 6.45. The molecule has 1 aromatic heterocycles. The fraction of sp³-hybridized carbons (Fsp3) is 0.133. The zero-order valence-corrected chi connectivity index (χ0v) is 11.2. The monoisotopic (exact) mass is 272 g/mol. The number of halogens is 1. The topological polar surface area (TPSA) is 37.8 Å². The second-order valence-electron chi connectivity index (χ2n) is 4.67. The van der Waals surface area contributed by atoms with Crippen LogP contribution in [0, 0.1) is 6.92 Å². The van der Waals surface area contributed by atoms with Crippen molar-refractivity contribution in [1.29, 1.82) is 0 Å². The Balaban J connectivity index is 2.10. The van der Waals surface area contributed by atoms with Gasteiger partial charge < -0.3 is 4.98 Å². The van der Waals surface area contributed by atoms with Gasteiger partial charge in [-0.05, 0) is 30.7 Å². The first-order chi connectivity index (χ1) is 9.13. The van der Waals surface area contributed by atoms with Crippen LogP contribution in [-0.2, 0) is 6.54 Å². The molecule has 0 saturated carbocycles. The second kappa shape index (κ2) is 4.59. The molecular weight excluding hydrogens is 260 g/mol. The Hall–Kier alpha value is -2.00. The molecule has 1 heterocycles. The number of aromatic nitrogens is 2. The van der Waals surface area contributed by atoms with Crippen LogP contribution in [0.1, 0.15) is 11.1 Å². The minimum absolute atomic E-state index is 0.112. The zero-order valence-electron chi connectivity index (χ0n) is 10.5. The van der Waals surface area contributed by atoms with E-state index in [-0.39, 0.29) is 5.69 Å². The van der Waals surface area contributed by atoms with E-state index in [1.807, 2.05) is 31.2 Å². The van der Waals surface area contributed by atoms with E-state index in [0.29, 0.717) is 11.6 Å². The number of hydrogen-bond donors (Lipinski definition) is 1. The van der Waals surface area contributed by atoms with Gasteiger partial charge in [-0.3, -0.25) is 4.57 Å². The van der Waals surface area contributed by atoms with Crippen LogP contribution in [0.15, 0.2) is 47.3 Å². The molecule has 0 atom stereocenters. The molecule has 0 radical (unpaired) electrons. The molecule has 0 unspecified atom stereocenters. The molecule has 96 valence electrons. The van der Waals surface area contributed by atoms with E-state index in [1.165, 1.54) is 5.56 Å². The van der Waals surface area contributed by atoms with Gasteiger partial charge in [0.15, 0.2) is 0 Å². The van der Waals surface area contributed by atoms with Crippen molar-refractivity contribution in [2.75, 3.05) is 0 Å². The fourth-order valence-electron chi connectivity index (χ4n) is 2.29. The Bertz CT molecular complexity index is 801. The van der Waals surface area contributed by atoms with Crippen molar-refractivity contribution < 1.29 is 0 Å². The molecule has 0 aliphatic carbocycles. The molecule has 3 nitrogen and oxygen atoms in total. The van der Waals surface area contributed by atoms with Gasteiger partial charge in [0.2, 0.25) is 0 Å². The van der Waals surface area contributed by atoms with Crippen molar-refractivity contribution in [2.45, 2.75) is 13.5 Å². The maximum absolute atomic E-state index is 12.0. The van der Waals surface area contributed by atoms with Gasteiger partial charge in [0, 0.05) is 5.02 Å². The standard InChI is InChI=1S/C15H13ClN2O/c1-10-3-2-4-11(7-10)9-18-14-6-5-12(16)8-13(14)17-15(18)19/h2-8H,9H2,1H3,(H,17,19). The molecule has 19 heavy (non-hydrogen) atoms. The van der Waals surface area contributed by atoms with Crippen LogP contribution >= 0.6 is 11.6 Å². The summed E-state index contributed by atoms with van der Waals surface area (Å²) in [4.78, 5) is 14.8. The van der Waals surface area contributed by atoms with E-state index >= 15 is 0 Å². The average Bonchev–Trinajstić information content (AvgIpc) is 2.65. The zero-order chi connectivity index (χ0) is 13.4. The number of nitrogens with one attached hydrogen (secondary N) is 1. The lowest BCUT2D eigenvalue weighted by Gasteiger charge is -2.04. The molecule has 0 saturated heterocycles. The molecule has 0 aliphatic heterocycles. The third kappa shape index (κ3) is 2.29. The van der Waals surface area contributed by atoms with Crippen LogP contribution in [-0.4, -0.2) is 9.55 Å². The average molecular weight is 273 g/mol. The molecule has 0 bridgehead atoms. The number of rotatable bonds is 2. The molecule has 2 aromatic carbocycles. The first kappa shape index (κ1) is 12.1. The van der Waals surface area contributed by atoms with Gasteiger partial charge in [-0.1, -0.05) is 41.4 Å². The smallest absolute Gasteiger partial charge is 0.305 e. The molecular formula is C15H13ClN2O. The van der Waals surface area contributed by atoms with Crippen molar-refractivity contribution in [3.63, 3.8) is 0 Å². The molecule has 1 N–H and O–H groups in total. The van der Waals surface area contributed by atoms with Gasteiger partial charge in [0.1, 0.15) is 0 Å². The van der Waals surface area contributed by atoms with Crippen LogP contribution in [0.25, 0.3) is 11.0 Å². The maximum atomic E-state index is 12.0. The van der Waals surface area contributed by atoms with Gasteiger partial charge in [-0.25, -0.2) is 4.79 Å². The van der Waals surface area contributed by atoms with E-state index in [2.05, 4.69) is 11.1 Å². The summed E-state index contributed by atoms with van der Waals surface area (Å²) in [6.07, 6.45) is 0. The van der Waals surface area contributed by atoms with E-state index in [1.54, 1.807) is 16.7 Å². The van der Waals surface area contributed by atoms with Crippen molar-refractivity contribution in [3.05, 3.63) is 69.1 Å². The van der Waals surface area contributed by atoms with Crippen LogP contribution in [0.2, 0.25) is 5.02 Å². The van der Waals surface area contributed by atoms with E-state index in [4.69, 9.17) is 11.6 Å². The summed E-state index contributed by atoms with van der Waals surface area (Å²) in [7, 11) is 0. The predicted molar refractivity (Wildman–Crippen MR) is 77.8 cm³/mol. The number of H-pyrrole nitrogens is 1. The third-order valence-corrected chi connectivity index (χ3v) is 3.39. The van der Waals surface area contributed by atoms with Gasteiger partial charge in [0.05, 0.1) is 17.6 Å². The lowest BCUT2D eigenvalue weighted by atomic mass is 10.1. The number of aryl methyl sites for hydroxylation is 1. The molecule has 0 fully saturated rings. The summed E-state index contributed by atoms with van der Waals surface area (Å²) in [6.45, 7) is 2.60. The maximum Gasteiger partial charge on any atom is 0.326 e. The SMILES string of the molecule is Cc1cccc(Cn2c(=O)[nH]c3cc(Cl)ccc32)c1. The van der Waals surface area contributed by atoms with Crippen LogP contribution in [0.3, 0.4) is 0 Å². The van der Waals surface area contributed by atoms with Gasteiger partial charge in [-0.15, -0.1) is 0 Å². The Morgan fingerprint density at radius 2 is 2.05 bits per heavy atom. The van der Waals surface area contributed by atoms with Gasteiger partial charge >= 0.3 is 5.69 Å². The Morgan fingerprint density at radius 1 is 1.21 bits per heavy atom. The van der Waals surface area contributed by atoms with E-state index < -0.39 is 0 Å². The van der Waals surface area contributed by atoms with Crippen molar-refractivity contribution >= 4 is 22.6 Å². The van der Waals surface area contributed by atoms with Crippen LogP contribution < -0.4 is 5.69 Å². The quantitative estimate of drug-likeness (QED) is 0.763. The summed E-state index contributed by atoms with van der Waals surface area (Å²) in [5.41, 5.74) is 3.83. The predicted octanol–water partition coefficient (Wildman–Crippen LogP) is 3.34. The Morgan fingerprint density at radius 3 is 2.84 bits per heavy atom. The molecule has 3 aromatic rings. The highest BCUT2D eigenvalue weighted by Gasteiger charge is 2.07.